The molecule has 0 unspecified atom stereocenters. The quantitative estimate of drug-likeness (QED) is 0.0223. The number of hydrogen-bond acceptors (Lipinski definition) is 16. The number of nitrogens with one attached hydrogen (secondary N) is 4. The van der Waals surface area contributed by atoms with Crippen molar-refractivity contribution in [3.8, 4) is 11.4 Å². The number of imide groups is 1. The van der Waals surface area contributed by atoms with E-state index in [1.165, 1.54) is 22.8 Å². The van der Waals surface area contributed by atoms with Gasteiger partial charge in [0.1, 0.15) is 18.0 Å². The molecule has 5 heterocycles. The number of amides is 6. The van der Waals surface area contributed by atoms with Crippen molar-refractivity contribution >= 4 is 75.6 Å². The van der Waals surface area contributed by atoms with Gasteiger partial charge in [-0.2, -0.15) is 0 Å². The predicted molar refractivity (Wildman–Crippen MR) is 317 cm³/mol. The number of hydrogen-bond donors (Lipinski definition) is 5. The molecule has 0 saturated heterocycles. The normalized spacial score (nSPS) is 17.1. The van der Waals surface area contributed by atoms with Gasteiger partial charge in [-0.05, 0) is 107 Å². The highest BCUT2D eigenvalue weighted by molar-refractivity contribution is 6.12. The predicted octanol–water partition coefficient (Wildman–Crippen LogP) is 5.25. The maximum atomic E-state index is 15.4. The zero-order chi connectivity index (χ0) is 63.6. The number of rotatable bonds is 30. The fourth-order valence-corrected chi connectivity index (χ4v) is 11.8. The molecule has 3 aliphatic heterocycles. The standard InChI is InChI=1S/C65H76FN7O15/c1-6-65(86)45-30-50-60-43(35-73(50)62(84)44(45)36-87-63(65)85)59-47(22-21-42-37(2)46(66)31-49(71-60)58(42)59)69-53(78)19-13-8-12-18-40(74)33-68-61(83)39(28-38-16-10-7-11-17-38)29-41(75)34-67-52(77)24-23-51(76)48(32-57(82)88-64(3,4)5)70-54(79)20-14-9-15-27-72-55(80)25-26-56(72)81/h7,10-11,16-17,25-26,30-31,39,47-48,86H,6,8-9,12-15,18-24,27-29,32-36H2,1-5H3,(H,67,77)(H,68,83)(H,69,78)(H,70,79)/t39-,47+,48+,65+/m1/s1. The number of unbranched alkanes of at least 4 members (excludes halogenated alkanes) is 4. The molecule has 23 heteroatoms. The average Bonchev–Trinajstić information content (AvgIpc) is 1.85. The topological polar surface area (TPSA) is 313 Å². The Kier molecular flexibility index (Phi) is 21.2. The number of benzene rings is 2. The summed E-state index contributed by atoms with van der Waals surface area (Å²) in [7, 11) is 0. The maximum Gasteiger partial charge on any atom is 0.343 e. The van der Waals surface area contributed by atoms with Gasteiger partial charge in [0, 0.05) is 85.7 Å². The number of ether oxygens (including phenoxy) is 2. The second-order valence-corrected chi connectivity index (χ2v) is 24.0. The number of pyridine rings is 2. The number of cyclic esters (lactones) is 1. The molecule has 2 aromatic carbocycles. The van der Waals surface area contributed by atoms with Crippen molar-refractivity contribution < 1.29 is 71.7 Å². The fourth-order valence-electron chi connectivity index (χ4n) is 11.8. The lowest BCUT2D eigenvalue weighted by Gasteiger charge is -2.31. The van der Waals surface area contributed by atoms with E-state index in [0.717, 1.165) is 21.6 Å². The number of ketones is 3. The molecule has 1 aliphatic carbocycles. The SMILES string of the molecule is CC[C@@]1(O)C(=O)OCc2c1cc1n(c2=O)Cc2c-1nc1cc(F)c(C)c3c1c2[C@@H](NC(=O)CCCCCC(=O)CNC(=O)[C@@H](CC(=O)CNC(=O)CCC(=O)[C@H](CC(=O)OC(C)(C)C)NC(=O)CCCCCN1C(=O)C=CC1=O)Cc1ccccc1)CC3. The first-order chi connectivity index (χ1) is 41.8. The van der Waals surface area contributed by atoms with Crippen LogP contribution in [0, 0.1) is 18.7 Å². The summed E-state index contributed by atoms with van der Waals surface area (Å²) >= 11 is 0. The van der Waals surface area contributed by atoms with Crippen LogP contribution in [-0.4, -0.2) is 116 Å². The summed E-state index contributed by atoms with van der Waals surface area (Å²) in [6, 6.07) is 10.1. The highest BCUT2D eigenvalue weighted by atomic mass is 19.1. The highest BCUT2D eigenvalue weighted by Gasteiger charge is 2.46. The van der Waals surface area contributed by atoms with E-state index in [9.17, 15) is 62.6 Å². The Morgan fingerprint density at radius 3 is 2.19 bits per heavy atom. The minimum absolute atomic E-state index is 0.0132. The summed E-state index contributed by atoms with van der Waals surface area (Å²) in [6.45, 7) is 7.48. The van der Waals surface area contributed by atoms with Crippen LogP contribution >= 0.6 is 0 Å². The molecule has 4 atom stereocenters. The first-order valence-corrected chi connectivity index (χ1v) is 30.2. The first-order valence-electron chi connectivity index (χ1n) is 30.2. The number of fused-ring (bicyclic) bond motifs is 5. The molecule has 22 nitrogen and oxygen atoms in total. The highest BCUT2D eigenvalue weighted by Crippen LogP contribution is 2.46. The third-order valence-electron chi connectivity index (χ3n) is 16.5. The lowest BCUT2D eigenvalue weighted by molar-refractivity contribution is -0.172. The number of Topliss-reactive ketones (excluding diaryl/α,β-unsaturated/α-hetero) is 3. The lowest BCUT2D eigenvalue weighted by atomic mass is 9.81. The Bertz CT molecular complexity index is 3540. The number of nitrogens with zero attached hydrogens (tertiary/aromatic N) is 3. The Hall–Kier alpha value is -8.60. The van der Waals surface area contributed by atoms with Crippen molar-refractivity contribution in [2.45, 2.75) is 180 Å². The van der Waals surface area contributed by atoms with E-state index in [1.54, 1.807) is 71.0 Å². The fraction of sp³-hybridized carbons (Fsp3) is 0.492. The van der Waals surface area contributed by atoms with Crippen LogP contribution in [0.25, 0.3) is 22.3 Å². The second-order valence-electron chi connectivity index (χ2n) is 24.0. The van der Waals surface area contributed by atoms with E-state index in [-0.39, 0.29) is 100 Å². The van der Waals surface area contributed by atoms with Crippen molar-refractivity contribution in [3.63, 3.8) is 0 Å². The van der Waals surface area contributed by atoms with Crippen LogP contribution < -0.4 is 26.8 Å². The van der Waals surface area contributed by atoms with Crippen LogP contribution in [0.5, 0.6) is 0 Å². The van der Waals surface area contributed by atoms with Gasteiger partial charge < -0.3 is 40.4 Å². The molecule has 5 N–H and O–H groups in total. The van der Waals surface area contributed by atoms with Gasteiger partial charge in [0.25, 0.3) is 17.4 Å². The number of carbonyl (C=O) groups is 11. The molecule has 468 valence electrons. The minimum Gasteiger partial charge on any atom is -0.460 e. The van der Waals surface area contributed by atoms with Crippen molar-refractivity contribution in [3.05, 3.63) is 110 Å². The van der Waals surface area contributed by atoms with Gasteiger partial charge in [-0.3, -0.25) is 57.6 Å². The summed E-state index contributed by atoms with van der Waals surface area (Å²) in [5.41, 5.74) is 1.47. The zero-order valence-electron chi connectivity index (χ0n) is 50.4. The van der Waals surface area contributed by atoms with Crippen LogP contribution in [0.4, 0.5) is 4.39 Å². The monoisotopic (exact) mass is 1210 g/mol. The van der Waals surface area contributed by atoms with Crippen molar-refractivity contribution in [1.82, 2.24) is 35.7 Å². The molecule has 0 spiro atoms. The van der Waals surface area contributed by atoms with Crippen LogP contribution in [-0.2, 0) is 93.8 Å². The molecular formula is C65H76FN7O15. The summed E-state index contributed by atoms with van der Waals surface area (Å²) < 4.78 is 27.6. The molecule has 0 radical (unpaired) electrons. The smallest absolute Gasteiger partial charge is 0.343 e. The molecule has 0 bridgehead atoms. The number of carbonyl (C=O) groups excluding carboxylic acids is 11. The Labute approximate surface area is 508 Å². The molecule has 4 aromatic rings. The molecule has 8 rings (SSSR count). The number of aromatic nitrogens is 2. The lowest BCUT2D eigenvalue weighted by Crippen LogP contribution is -2.44. The Morgan fingerprint density at radius 1 is 0.807 bits per heavy atom. The molecule has 88 heavy (non-hydrogen) atoms. The van der Waals surface area contributed by atoms with E-state index < -0.39 is 107 Å². The van der Waals surface area contributed by atoms with Gasteiger partial charge in [0.15, 0.2) is 23.0 Å². The Balaban J connectivity index is 0.788. The summed E-state index contributed by atoms with van der Waals surface area (Å²) in [6.07, 6.45) is 4.78. The summed E-state index contributed by atoms with van der Waals surface area (Å²) in [5, 5.41) is 23.0. The molecule has 2 aromatic heterocycles. The zero-order valence-corrected chi connectivity index (χ0v) is 50.4. The third kappa shape index (κ3) is 15.7. The number of aliphatic hydroxyl groups is 1. The third-order valence-corrected chi connectivity index (χ3v) is 16.5. The van der Waals surface area contributed by atoms with Crippen molar-refractivity contribution in [2.24, 2.45) is 5.92 Å². The summed E-state index contributed by atoms with van der Waals surface area (Å²) in [4.78, 5) is 162. The summed E-state index contributed by atoms with van der Waals surface area (Å²) in [5.74, 6) is -7.10. The van der Waals surface area contributed by atoms with Crippen LogP contribution in [0.1, 0.15) is 169 Å². The largest absolute Gasteiger partial charge is 0.460 e. The Morgan fingerprint density at radius 2 is 1.49 bits per heavy atom. The first kappa shape index (κ1) is 65.4. The van der Waals surface area contributed by atoms with Crippen molar-refractivity contribution in [1.29, 1.82) is 0 Å². The van der Waals surface area contributed by atoms with Crippen molar-refractivity contribution in [2.75, 3.05) is 19.6 Å². The minimum atomic E-state index is -2.04. The maximum absolute atomic E-state index is 15.4. The van der Waals surface area contributed by atoms with E-state index in [1.807, 2.05) is 0 Å². The van der Waals surface area contributed by atoms with Gasteiger partial charge in [0.2, 0.25) is 23.6 Å². The molecule has 6 amide bonds. The molecule has 4 aliphatic rings. The van der Waals surface area contributed by atoms with Gasteiger partial charge in [-0.1, -0.05) is 50.1 Å². The molecule has 0 fully saturated rings. The van der Waals surface area contributed by atoms with Gasteiger partial charge >= 0.3 is 11.9 Å². The van der Waals surface area contributed by atoms with E-state index in [4.69, 9.17) is 14.5 Å². The molecular weight excluding hydrogens is 1140 g/mol. The molecule has 0 saturated carbocycles. The number of esters is 2. The number of halogens is 1. The van der Waals surface area contributed by atoms with Crippen LogP contribution in [0.15, 0.2) is 59.4 Å². The van der Waals surface area contributed by atoms with E-state index >= 15 is 4.39 Å². The average molecular weight is 1210 g/mol. The van der Waals surface area contributed by atoms with E-state index in [2.05, 4.69) is 21.3 Å². The second kappa shape index (κ2) is 28.5. The van der Waals surface area contributed by atoms with Crippen LogP contribution in [0.3, 0.4) is 0 Å². The van der Waals surface area contributed by atoms with Gasteiger partial charge in [0.05, 0.1) is 60.6 Å². The van der Waals surface area contributed by atoms with Crippen LogP contribution in [0.2, 0.25) is 0 Å². The van der Waals surface area contributed by atoms with E-state index in [0.29, 0.717) is 84.8 Å². The van der Waals surface area contributed by atoms with Gasteiger partial charge in [-0.15, -0.1) is 0 Å². The number of aryl methyl sites for hydroxylation is 1. The van der Waals surface area contributed by atoms with Gasteiger partial charge in [-0.25, -0.2) is 14.2 Å².